The molecule has 0 aliphatic heterocycles. The number of rotatable bonds is 8. The second-order valence-electron chi connectivity index (χ2n) is 5.71. The van der Waals surface area contributed by atoms with E-state index in [1.165, 1.54) is 4.88 Å². The summed E-state index contributed by atoms with van der Waals surface area (Å²) in [5.74, 6) is 1.41. The van der Waals surface area contributed by atoms with Gasteiger partial charge in [-0.3, -0.25) is 0 Å². The van der Waals surface area contributed by atoms with Crippen LogP contribution in [-0.4, -0.2) is 7.11 Å². The van der Waals surface area contributed by atoms with Crippen LogP contribution in [0.15, 0.2) is 58.4 Å². The zero-order chi connectivity index (χ0) is 18.4. The molecule has 0 unspecified atom stereocenters. The van der Waals surface area contributed by atoms with Crippen LogP contribution in [-0.2, 0) is 19.7 Å². The fourth-order valence-electron chi connectivity index (χ4n) is 2.49. The van der Waals surface area contributed by atoms with Gasteiger partial charge in [-0.25, -0.2) is 0 Å². The molecule has 0 bridgehead atoms. The Balaban J connectivity index is 1.65. The van der Waals surface area contributed by atoms with Crippen molar-refractivity contribution in [2.75, 3.05) is 7.11 Å². The van der Waals surface area contributed by atoms with Gasteiger partial charge >= 0.3 is 0 Å². The van der Waals surface area contributed by atoms with E-state index < -0.39 is 0 Å². The minimum absolute atomic E-state index is 0.447. The van der Waals surface area contributed by atoms with Crippen molar-refractivity contribution < 1.29 is 9.47 Å². The van der Waals surface area contributed by atoms with E-state index in [4.69, 9.17) is 21.1 Å². The Labute approximate surface area is 171 Å². The number of hydrogen-bond acceptors (Lipinski definition) is 4. The highest BCUT2D eigenvalue weighted by molar-refractivity contribution is 9.10. The molecule has 0 saturated carbocycles. The van der Waals surface area contributed by atoms with Crippen molar-refractivity contribution in [2.45, 2.75) is 19.7 Å². The number of nitrogens with one attached hydrogen (secondary N) is 1. The van der Waals surface area contributed by atoms with Gasteiger partial charge in [-0.1, -0.05) is 29.8 Å². The van der Waals surface area contributed by atoms with Gasteiger partial charge in [0.25, 0.3) is 0 Å². The first-order valence-corrected chi connectivity index (χ1v) is 10.2. The van der Waals surface area contributed by atoms with E-state index in [1.54, 1.807) is 18.4 Å². The first-order chi connectivity index (χ1) is 12.7. The Hall–Kier alpha value is -1.53. The van der Waals surface area contributed by atoms with Gasteiger partial charge in [0.1, 0.15) is 6.61 Å². The standard InChI is InChI=1S/C20H19BrClNO2S/c1-24-19-10-15(11-23-12-17-3-2-8-26-17)9-18(21)20(19)25-13-14-4-6-16(22)7-5-14/h2-10,23H,11-13H2,1H3. The van der Waals surface area contributed by atoms with E-state index in [0.29, 0.717) is 23.1 Å². The monoisotopic (exact) mass is 451 g/mol. The van der Waals surface area contributed by atoms with Crippen molar-refractivity contribution in [3.63, 3.8) is 0 Å². The fourth-order valence-corrected chi connectivity index (χ4v) is 3.90. The smallest absolute Gasteiger partial charge is 0.175 e. The number of ether oxygens (including phenoxy) is 2. The predicted octanol–water partition coefficient (Wildman–Crippen LogP) is 6.04. The maximum absolute atomic E-state index is 5.97. The molecule has 0 radical (unpaired) electrons. The molecule has 1 aromatic heterocycles. The molecule has 0 aliphatic carbocycles. The third-order valence-electron chi connectivity index (χ3n) is 3.79. The lowest BCUT2D eigenvalue weighted by Gasteiger charge is -2.15. The first kappa shape index (κ1) is 19.2. The Morgan fingerprint density at radius 3 is 2.58 bits per heavy atom. The van der Waals surface area contributed by atoms with Gasteiger partial charge in [0.15, 0.2) is 11.5 Å². The van der Waals surface area contributed by atoms with Crippen molar-refractivity contribution in [3.8, 4) is 11.5 Å². The van der Waals surface area contributed by atoms with E-state index in [-0.39, 0.29) is 0 Å². The molecule has 1 N–H and O–H groups in total. The summed E-state index contributed by atoms with van der Waals surface area (Å²) in [7, 11) is 1.65. The summed E-state index contributed by atoms with van der Waals surface area (Å²) < 4.78 is 12.4. The molecule has 1 heterocycles. The SMILES string of the molecule is COc1cc(CNCc2cccs2)cc(Br)c1OCc1ccc(Cl)cc1. The molecule has 0 aliphatic rings. The molecule has 6 heteroatoms. The lowest BCUT2D eigenvalue weighted by Crippen LogP contribution is -2.12. The zero-order valence-electron chi connectivity index (χ0n) is 14.3. The topological polar surface area (TPSA) is 30.5 Å². The number of hydrogen-bond donors (Lipinski definition) is 1. The molecular formula is C20H19BrClNO2S. The highest BCUT2D eigenvalue weighted by Crippen LogP contribution is 2.37. The molecule has 26 heavy (non-hydrogen) atoms. The van der Waals surface area contributed by atoms with E-state index in [1.807, 2.05) is 30.3 Å². The van der Waals surface area contributed by atoms with Crippen LogP contribution in [0.2, 0.25) is 5.02 Å². The lowest BCUT2D eigenvalue weighted by molar-refractivity contribution is 0.282. The third kappa shape index (κ3) is 5.24. The maximum atomic E-state index is 5.97. The molecule has 136 valence electrons. The molecule has 3 nitrogen and oxygen atoms in total. The highest BCUT2D eigenvalue weighted by Gasteiger charge is 2.12. The molecular weight excluding hydrogens is 434 g/mol. The molecule has 0 spiro atoms. The van der Waals surface area contributed by atoms with E-state index in [0.717, 1.165) is 28.7 Å². The van der Waals surface area contributed by atoms with Crippen LogP contribution in [0.3, 0.4) is 0 Å². The molecule has 2 aromatic carbocycles. The van der Waals surface area contributed by atoms with Crippen LogP contribution < -0.4 is 14.8 Å². The normalized spacial score (nSPS) is 10.7. The summed E-state index contributed by atoms with van der Waals surface area (Å²) in [6, 6.07) is 15.9. The second kappa shape index (κ2) is 9.42. The third-order valence-corrected chi connectivity index (χ3v) is 5.51. The quantitative estimate of drug-likeness (QED) is 0.452. The Kier molecular flexibility index (Phi) is 6.97. The molecule has 3 aromatic rings. The van der Waals surface area contributed by atoms with Gasteiger partial charge < -0.3 is 14.8 Å². The van der Waals surface area contributed by atoms with Gasteiger partial charge in [-0.2, -0.15) is 0 Å². The molecule has 0 fully saturated rings. The molecule has 0 amide bonds. The van der Waals surface area contributed by atoms with Gasteiger partial charge in [-0.05, 0) is 62.8 Å². The Morgan fingerprint density at radius 2 is 1.88 bits per heavy atom. The van der Waals surface area contributed by atoms with E-state index in [2.05, 4.69) is 44.8 Å². The Bertz CT molecular complexity index is 838. The van der Waals surface area contributed by atoms with Gasteiger partial charge in [0, 0.05) is 23.0 Å². The first-order valence-electron chi connectivity index (χ1n) is 8.12. The van der Waals surface area contributed by atoms with Gasteiger partial charge in [-0.15, -0.1) is 11.3 Å². The number of methoxy groups -OCH3 is 1. The van der Waals surface area contributed by atoms with Crippen LogP contribution in [0, 0.1) is 0 Å². The van der Waals surface area contributed by atoms with E-state index in [9.17, 15) is 0 Å². The predicted molar refractivity (Wildman–Crippen MR) is 111 cm³/mol. The summed E-state index contributed by atoms with van der Waals surface area (Å²) in [6.45, 7) is 2.05. The van der Waals surface area contributed by atoms with Crippen LogP contribution in [0.5, 0.6) is 11.5 Å². The lowest BCUT2D eigenvalue weighted by atomic mass is 10.2. The average molecular weight is 453 g/mol. The van der Waals surface area contributed by atoms with Crippen LogP contribution >= 0.6 is 38.9 Å². The van der Waals surface area contributed by atoms with Crippen molar-refractivity contribution in [2.24, 2.45) is 0 Å². The number of halogens is 2. The van der Waals surface area contributed by atoms with Crippen molar-refractivity contribution >= 4 is 38.9 Å². The molecule has 0 atom stereocenters. The van der Waals surface area contributed by atoms with E-state index >= 15 is 0 Å². The summed E-state index contributed by atoms with van der Waals surface area (Å²) in [6.07, 6.45) is 0. The second-order valence-corrected chi connectivity index (χ2v) is 8.03. The van der Waals surface area contributed by atoms with Crippen LogP contribution in [0.4, 0.5) is 0 Å². The number of thiophene rings is 1. The number of benzene rings is 2. The Morgan fingerprint density at radius 1 is 1.08 bits per heavy atom. The minimum Gasteiger partial charge on any atom is -0.493 e. The summed E-state index contributed by atoms with van der Waals surface area (Å²) >= 11 is 11.3. The minimum atomic E-state index is 0.447. The van der Waals surface area contributed by atoms with Crippen LogP contribution in [0.25, 0.3) is 0 Å². The van der Waals surface area contributed by atoms with Crippen molar-refractivity contribution in [3.05, 3.63) is 79.4 Å². The average Bonchev–Trinajstić information content (AvgIpc) is 3.15. The van der Waals surface area contributed by atoms with Crippen molar-refractivity contribution in [1.82, 2.24) is 5.32 Å². The summed E-state index contributed by atoms with van der Waals surface area (Å²) in [4.78, 5) is 1.32. The van der Waals surface area contributed by atoms with Gasteiger partial charge in [0.05, 0.1) is 11.6 Å². The molecule has 3 rings (SSSR count). The molecule has 0 saturated heterocycles. The summed E-state index contributed by atoms with van der Waals surface area (Å²) in [5, 5.41) is 6.25. The highest BCUT2D eigenvalue weighted by atomic mass is 79.9. The summed E-state index contributed by atoms with van der Waals surface area (Å²) in [5.41, 5.74) is 2.18. The largest absolute Gasteiger partial charge is 0.493 e. The zero-order valence-corrected chi connectivity index (χ0v) is 17.5. The van der Waals surface area contributed by atoms with Crippen LogP contribution in [0.1, 0.15) is 16.0 Å². The fraction of sp³-hybridized carbons (Fsp3) is 0.200. The van der Waals surface area contributed by atoms with Crippen molar-refractivity contribution in [1.29, 1.82) is 0 Å². The maximum Gasteiger partial charge on any atom is 0.175 e. The van der Waals surface area contributed by atoms with Gasteiger partial charge in [0.2, 0.25) is 0 Å².